The van der Waals surface area contributed by atoms with Crippen LogP contribution in [0, 0.1) is 23.7 Å². The van der Waals surface area contributed by atoms with Crippen molar-refractivity contribution in [1.82, 2.24) is 31.9 Å². The van der Waals surface area contributed by atoms with Gasteiger partial charge in [-0.3, -0.25) is 24.0 Å². The van der Waals surface area contributed by atoms with Crippen molar-refractivity contribution in [1.29, 1.82) is 0 Å². The Labute approximate surface area is 528 Å². The molecule has 0 radical (unpaired) electrons. The molecule has 1 rings (SSSR count). The average Bonchev–Trinajstić information content (AvgIpc) is 3.66. The van der Waals surface area contributed by atoms with E-state index < -0.39 is 36.0 Å². The van der Waals surface area contributed by atoms with Crippen LogP contribution in [0.25, 0.3) is 0 Å². The summed E-state index contributed by atoms with van der Waals surface area (Å²) in [7, 11) is 5.38. The second-order valence-electron chi connectivity index (χ2n) is 25.2. The molecule has 1 fully saturated rings. The minimum atomic E-state index is -0.994. The van der Waals surface area contributed by atoms with Crippen LogP contribution in [0.2, 0.25) is 0 Å². The van der Waals surface area contributed by atoms with Gasteiger partial charge < -0.3 is 70.3 Å². The summed E-state index contributed by atoms with van der Waals surface area (Å²) < 4.78 is 22.2. The maximum absolute atomic E-state index is 12.8. The summed E-state index contributed by atoms with van der Waals surface area (Å²) in [5, 5.41) is 26.2. The molecule has 0 aromatic rings. The quantitative estimate of drug-likeness (QED) is 0.0170. The number of unbranched alkanes of at least 4 members (excludes halogenated alkanes) is 7. The van der Waals surface area contributed by atoms with Gasteiger partial charge in [-0.1, -0.05) is 55.4 Å². The number of hydrogen-bond acceptors (Lipinski definition) is 18. The summed E-state index contributed by atoms with van der Waals surface area (Å²) in [6.07, 6.45) is 16.1. The molecule has 5 unspecified atom stereocenters. The third-order valence-electron chi connectivity index (χ3n) is 14.4. The molecule has 22 heteroatoms. The number of hydrogen-bond donors (Lipinski definition) is 7. The van der Waals surface area contributed by atoms with E-state index in [0.29, 0.717) is 134 Å². The zero-order chi connectivity index (χ0) is 67.0. The van der Waals surface area contributed by atoms with E-state index in [9.17, 15) is 52.7 Å². The molecule has 510 valence electrons. The van der Waals surface area contributed by atoms with Gasteiger partial charge in [0.25, 0.3) is 0 Å². The summed E-state index contributed by atoms with van der Waals surface area (Å²) in [5.74, 6) is -1.26. The molecular weight excluding hydrogens is 1130 g/mol. The Morgan fingerprint density at radius 1 is 0.386 bits per heavy atom. The number of Topliss-reactive ketones (excluding diaryl/α,β-unsaturated/α-hetero) is 3. The van der Waals surface area contributed by atoms with Crippen molar-refractivity contribution < 1.29 is 76.8 Å². The van der Waals surface area contributed by atoms with Gasteiger partial charge in [0.15, 0.2) is 0 Å². The van der Waals surface area contributed by atoms with Crippen LogP contribution < -0.4 is 31.9 Å². The van der Waals surface area contributed by atoms with E-state index in [1.165, 1.54) is 20.8 Å². The third kappa shape index (κ3) is 48.6. The normalized spacial score (nSPS) is 15.4. The van der Waals surface area contributed by atoms with Crippen LogP contribution in [0.3, 0.4) is 0 Å². The number of carboxylic acid groups (broad SMARTS) is 1. The SMILES string of the molecule is CNC(CC(C)C)C(=O)OC1CCC(OC(=O)C(CC(C)C)NC(=O)CCCCC(C)=O)CC1.CNC(CC(C)C)C(=O)OCCCCCCOC(=O)C(CC(C)C)NC(=O)CCCCC(C)=O.CNCCCCC(NC(=O)CCCCC(C)=O)C(=O)O. The van der Waals surface area contributed by atoms with Gasteiger partial charge in [0.05, 0.1) is 13.2 Å². The van der Waals surface area contributed by atoms with Gasteiger partial charge in [-0.15, -0.1) is 0 Å². The summed E-state index contributed by atoms with van der Waals surface area (Å²) in [5.41, 5.74) is 0. The summed E-state index contributed by atoms with van der Waals surface area (Å²) in [4.78, 5) is 130. The lowest BCUT2D eigenvalue weighted by Crippen LogP contribution is -2.44. The molecule has 0 aliphatic heterocycles. The minimum absolute atomic E-state index is 0.110. The van der Waals surface area contributed by atoms with E-state index in [1.807, 2.05) is 34.7 Å². The number of ketones is 3. The van der Waals surface area contributed by atoms with Gasteiger partial charge in [-0.25, -0.2) is 14.4 Å². The van der Waals surface area contributed by atoms with Crippen molar-refractivity contribution in [3.63, 3.8) is 0 Å². The third-order valence-corrected chi connectivity index (χ3v) is 14.4. The predicted octanol–water partition coefficient (Wildman–Crippen LogP) is 8.74. The first-order chi connectivity index (χ1) is 41.5. The first-order valence-corrected chi connectivity index (χ1v) is 32.9. The molecule has 1 saturated carbocycles. The molecule has 0 saturated heterocycles. The largest absolute Gasteiger partial charge is 0.480 e. The molecule has 0 aromatic carbocycles. The highest BCUT2D eigenvalue weighted by Crippen LogP contribution is 2.25. The van der Waals surface area contributed by atoms with Crippen LogP contribution in [0.1, 0.15) is 250 Å². The molecular formula is C66H120N6O16. The van der Waals surface area contributed by atoms with Crippen LogP contribution in [-0.2, 0) is 71.7 Å². The highest BCUT2D eigenvalue weighted by molar-refractivity contribution is 5.86. The van der Waals surface area contributed by atoms with E-state index in [1.54, 1.807) is 14.1 Å². The Balaban J connectivity index is 0. The van der Waals surface area contributed by atoms with Crippen molar-refractivity contribution in [3.05, 3.63) is 0 Å². The number of esters is 4. The molecule has 0 heterocycles. The number of carbonyl (C=O) groups excluding carboxylic acids is 10. The highest BCUT2D eigenvalue weighted by Gasteiger charge is 2.32. The number of carbonyl (C=O) groups is 11. The number of amides is 3. The van der Waals surface area contributed by atoms with Gasteiger partial charge in [-0.05, 0) is 207 Å². The van der Waals surface area contributed by atoms with Crippen LogP contribution in [-0.4, -0.2) is 153 Å². The van der Waals surface area contributed by atoms with Gasteiger partial charge in [0.2, 0.25) is 17.7 Å². The van der Waals surface area contributed by atoms with E-state index in [0.717, 1.165) is 57.9 Å². The van der Waals surface area contributed by atoms with Gasteiger partial charge >= 0.3 is 29.8 Å². The zero-order valence-corrected chi connectivity index (χ0v) is 56.6. The van der Waals surface area contributed by atoms with E-state index >= 15 is 0 Å². The van der Waals surface area contributed by atoms with Crippen molar-refractivity contribution in [3.8, 4) is 0 Å². The summed E-state index contributed by atoms with van der Waals surface area (Å²) in [6, 6.07) is -2.71. The number of carboxylic acids is 1. The number of nitrogens with one attached hydrogen (secondary N) is 6. The minimum Gasteiger partial charge on any atom is -0.480 e. The lowest BCUT2D eigenvalue weighted by atomic mass is 9.94. The maximum Gasteiger partial charge on any atom is 0.328 e. The summed E-state index contributed by atoms with van der Waals surface area (Å²) >= 11 is 0. The molecule has 1 aliphatic rings. The Hall–Kier alpha value is -5.35. The molecule has 88 heavy (non-hydrogen) atoms. The maximum atomic E-state index is 12.8. The number of rotatable bonds is 47. The van der Waals surface area contributed by atoms with Crippen molar-refractivity contribution in [2.24, 2.45) is 23.7 Å². The number of likely N-dealkylation sites (N-methyl/N-ethyl adjacent to an activating group) is 2. The number of aliphatic carboxylic acids is 1. The molecule has 0 aromatic heterocycles. The smallest absolute Gasteiger partial charge is 0.328 e. The molecule has 1 aliphatic carbocycles. The lowest BCUT2D eigenvalue weighted by Gasteiger charge is -2.30. The second-order valence-corrected chi connectivity index (χ2v) is 25.2. The van der Waals surface area contributed by atoms with E-state index in [-0.39, 0.29) is 96.0 Å². The Morgan fingerprint density at radius 3 is 1.02 bits per heavy atom. The topological polar surface area (TPSA) is 317 Å². The summed E-state index contributed by atoms with van der Waals surface area (Å²) in [6.45, 7) is 22.4. The first kappa shape index (κ1) is 84.7. The average molecular weight is 1250 g/mol. The fourth-order valence-electron chi connectivity index (χ4n) is 9.53. The molecule has 0 bridgehead atoms. The van der Waals surface area contributed by atoms with Crippen LogP contribution in [0.5, 0.6) is 0 Å². The fourth-order valence-corrected chi connectivity index (χ4v) is 9.53. The Kier molecular flexibility index (Phi) is 50.5. The standard InChI is InChI=1S/C26H46N2O6.C26H48N2O6.C14H26N2O4/c1-17(2)15-22(27-6)25(31)33-20-11-13-21(14-12-20)34-26(32)23(16-18(3)4)28-24(30)10-8-7-9-19(5)29;1-19(2)17-22(27-6)25(31)33-15-11-7-8-12-16-34-26(32)23(18-20(3)4)28-24(30)14-10-9-13-21(5)29;1-11(17)7-3-4-9-13(18)16-12(14(19)20)8-5-6-10-15-2/h17-18,20-23,27H,7-16H2,1-6H3,(H,28,30);19-20,22-23,27H,7-18H2,1-6H3,(H,28,30);12,15H,3-10H2,1-2H3,(H,16,18)(H,19,20). The fraction of sp³-hybridized carbons (Fsp3) is 0.833. The van der Waals surface area contributed by atoms with Gasteiger partial charge in [0.1, 0.15) is 59.8 Å². The molecule has 3 amide bonds. The zero-order valence-electron chi connectivity index (χ0n) is 56.6. The predicted molar refractivity (Wildman–Crippen MR) is 341 cm³/mol. The van der Waals surface area contributed by atoms with E-state index in [2.05, 4.69) is 59.6 Å². The van der Waals surface area contributed by atoms with Gasteiger partial charge in [0, 0.05) is 38.5 Å². The second kappa shape index (κ2) is 52.4. The lowest BCUT2D eigenvalue weighted by molar-refractivity contribution is -0.161. The highest BCUT2D eigenvalue weighted by atomic mass is 16.6. The van der Waals surface area contributed by atoms with Crippen molar-refractivity contribution >= 4 is 64.9 Å². The molecule has 0 spiro atoms. The van der Waals surface area contributed by atoms with Crippen LogP contribution in [0.15, 0.2) is 0 Å². The van der Waals surface area contributed by atoms with Gasteiger partial charge in [-0.2, -0.15) is 0 Å². The first-order valence-electron chi connectivity index (χ1n) is 32.9. The van der Waals surface area contributed by atoms with E-state index in [4.69, 9.17) is 24.1 Å². The van der Waals surface area contributed by atoms with Crippen LogP contribution >= 0.6 is 0 Å². The Morgan fingerprint density at radius 2 is 0.693 bits per heavy atom. The monoisotopic (exact) mass is 1250 g/mol. The molecule has 5 atom stereocenters. The molecule has 22 nitrogen and oxygen atoms in total. The van der Waals surface area contributed by atoms with Crippen molar-refractivity contribution in [2.45, 2.75) is 292 Å². The van der Waals surface area contributed by atoms with Crippen molar-refractivity contribution in [2.75, 3.05) is 40.9 Å². The van der Waals surface area contributed by atoms with Crippen LogP contribution in [0.4, 0.5) is 0 Å². The Bertz CT molecular complexity index is 2010. The molecule has 7 N–H and O–H groups in total. The number of ether oxygens (including phenoxy) is 4.